The number of carbonyl (C=O) groups is 1. The predicted molar refractivity (Wildman–Crippen MR) is 122 cm³/mol. The molecule has 1 aliphatic carbocycles. The number of hydrogen-bond acceptors (Lipinski definition) is 5. The Morgan fingerprint density at radius 2 is 2.00 bits per heavy atom. The molecule has 0 radical (unpaired) electrons. The van der Waals surface area contributed by atoms with E-state index < -0.39 is 0 Å². The minimum atomic E-state index is -0.293. The van der Waals surface area contributed by atoms with Crippen molar-refractivity contribution in [3.8, 4) is 0 Å². The van der Waals surface area contributed by atoms with Crippen molar-refractivity contribution in [1.29, 1.82) is 0 Å². The second kappa shape index (κ2) is 9.02. The van der Waals surface area contributed by atoms with E-state index in [1.54, 1.807) is 4.68 Å². The summed E-state index contributed by atoms with van der Waals surface area (Å²) in [6.07, 6.45) is 7.30. The number of benzene rings is 1. The summed E-state index contributed by atoms with van der Waals surface area (Å²) in [5.74, 6) is 1.03. The lowest BCUT2D eigenvalue weighted by Crippen LogP contribution is -2.43. The molecular formula is C23H27ClN6O2. The lowest BCUT2D eigenvalue weighted by atomic mass is 9.87. The van der Waals surface area contributed by atoms with E-state index in [2.05, 4.69) is 15.3 Å². The van der Waals surface area contributed by atoms with Gasteiger partial charge in [0.25, 0.3) is 5.56 Å². The van der Waals surface area contributed by atoms with E-state index >= 15 is 0 Å². The summed E-state index contributed by atoms with van der Waals surface area (Å²) >= 11 is 6.10. The minimum absolute atomic E-state index is 0.00269. The first kappa shape index (κ1) is 21.1. The summed E-state index contributed by atoms with van der Waals surface area (Å²) in [6.45, 7) is 1.80. The Balaban J connectivity index is 1.40. The smallest absolute Gasteiger partial charge is 0.281 e. The molecule has 1 aliphatic heterocycles. The van der Waals surface area contributed by atoms with Crippen molar-refractivity contribution in [2.75, 3.05) is 13.1 Å². The molecule has 0 spiro atoms. The van der Waals surface area contributed by atoms with Crippen molar-refractivity contribution in [3.63, 3.8) is 0 Å². The zero-order valence-electron chi connectivity index (χ0n) is 18.0. The van der Waals surface area contributed by atoms with Crippen molar-refractivity contribution in [1.82, 2.24) is 29.9 Å². The molecule has 2 aromatic heterocycles. The molecule has 1 aromatic carbocycles. The van der Waals surface area contributed by atoms with Crippen LogP contribution in [0.25, 0.3) is 11.2 Å². The predicted octanol–water partition coefficient (Wildman–Crippen LogP) is 3.50. The highest BCUT2D eigenvalue weighted by Crippen LogP contribution is 2.30. The number of likely N-dealkylation sites (tertiary alicyclic amines) is 1. The van der Waals surface area contributed by atoms with Crippen LogP contribution in [0.2, 0.25) is 5.02 Å². The average Bonchev–Trinajstić information content (AvgIpc) is 3.22. The van der Waals surface area contributed by atoms with Gasteiger partial charge in [-0.2, -0.15) is 0 Å². The van der Waals surface area contributed by atoms with Gasteiger partial charge in [0.15, 0.2) is 11.2 Å². The third-order valence-corrected chi connectivity index (χ3v) is 6.92. The van der Waals surface area contributed by atoms with Crippen LogP contribution in [0.4, 0.5) is 0 Å². The number of nitrogens with zero attached hydrogens (tertiary/aromatic N) is 5. The van der Waals surface area contributed by atoms with E-state index in [9.17, 15) is 9.59 Å². The average molecular weight is 455 g/mol. The van der Waals surface area contributed by atoms with Gasteiger partial charge in [-0.15, -0.1) is 5.10 Å². The Morgan fingerprint density at radius 1 is 1.16 bits per heavy atom. The van der Waals surface area contributed by atoms with E-state index in [0.717, 1.165) is 50.6 Å². The molecule has 2 fully saturated rings. The Bertz CT molecular complexity index is 1180. The van der Waals surface area contributed by atoms with Gasteiger partial charge in [0, 0.05) is 29.9 Å². The zero-order valence-corrected chi connectivity index (χ0v) is 18.7. The van der Waals surface area contributed by atoms with E-state index in [1.807, 2.05) is 29.2 Å². The fraction of sp³-hybridized carbons (Fsp3) is 0.522. The normalized spacial score (nSPS) is 20.0. The van der Waals surface area contributed by atoms with Crippen molar-refractivity contribution in [2.45, 2.75) is 57.4 Å². The first-order valence-corrected chi connectivity index (χ1v) is 11.8. The van der Waals surface area contributed by atoms with Gasteiger partial charge in [-0.1, -0.05) is 48.2 Å². The van der Waals surface area contributed by atoms with Crippen LogP contribution in [0.5, 0.6) is 0 Å². The molecule has 5 rings (SSSR count). The second-order valence-corrected chi connectivity index (χ2v) is 9.40. The summed E-state index contributed by atoms with van der Waals surface area (Å²) < 4.78 is 1.63. The molecule has 168 valence electrons. The fourth-order valence-corrected chi connectivity index (χ4v) is 5.21. The molecule has 8 nitrogen and oxygen atoms in total. The Labute approximate surface area is 191 Å². The van der Waals surface area contributed by atoms with E-state index in [0.29, 0.717) is 29.6 Å². The number of piperidine rings is 1. The number of nitrogens with one attached hydrogen (secondary N) is 1. The SMILES string of the molecule is O=C(C1CCCCC1)N1CCC[C@@H](c2nc3c(nnn3Cc3cccc(Cl)c3)c(=O)[nH]2)C1. The number of fused-ring (bicyclic) bond motifs is 1. The maximum atomic E-state index is 13.1. The van der Waals surface area contributed by atoms with Gasteiger partial charge in [-0.3, -0.25) is 9.59 Å². The van der Waals surface area contributed by atoms with Gasteiger partial charge in [0.05, 0.1) is 6.54 Å². The van der Waals surface area contributed by atoms with Gasteiger partial charge >= 0.3 is 0 Å². The van der Waals surface area contributed by atoms with Crippen LogP contribution in [-0.4, -0.2) is 48.9 Å². The quantitative estimate of drug-likeness (QED) is 0.650. The maximum absolute atomic E-state index is 13.1. The van der Waals surface area contributed by atoms with Gasteiger partial charge in [0.1, 0.15) is 5.82 Å². The molecule has 0 unspecified atom stereocenters. The van der Waals surface area contributed by atoms with Crippen LogP contribution in [0.1, 0.15) is 62.3 Å². The number of aromatic nitrogens is 5. The Kier molecular flexibility index (Phi) is 5.95. The number of halogens is 1. The molecule has 1 saturated carbocycles. The molecule has 1 amide bonds. The standard InChI is InChI=1S/C23H27ClN6O2/c24-18-10-4-6-15(12-18)13-30-21-19(27-28-30)22(31)26-20(25-21)17-9-5-11-29(14-17)23(32)16-7-2-1-3-8-16/h4,6,10,12,16-17H,1-3,5,7-9,11,13-14H2,(H,25,26,31)/t17-/m1/s1. The third-order valence-electron chi connectivity index (χ3n) is 6.69. The van der Waals surface area contributed by atoms with Crippen molar-refractivity contribution >= 4 is 28.7 Å². The molecule has 9 heteroatoms. The van der Waals surface area contributed by atoms with Gasteiger partial charge in [0.2, 0.25) is 5.91 Å². The van der Waals surface area contributed by atoms with Gasteiger partial charge in [-0.05, 0) is 43.4 Å². The van der Waals surface area contributed by atoms with E-state index in [1.165, 1.54) is 6.42 Å². The lowest BCUT2D eigenvalue weighted by molar-refractivity contribution is -0.137. The van der Waals surface area contributed by atoms with Gasteiger partial charge < -0.3 is 9.88 Å². The first-order valence-electron chi connectivity index (χ1n) is 11.4. The summed E-state index contributed by atoms with van der Waals surface area (Å²) in [5.41, 5.74) is 1.34. The minimum Gasteiger partial charge on any atom is -0.342 e. The largest absolute Gasteiger partial charge is 0.342 e. The molecule has 3 heterocycles. The fourth-order valence-electron chi connectivity index (χ4n) is 5.00. The number of amides is 1. The highest BCUT2D eigenvalue weighted by molar-refractivity contribution is 6.30. The topological polar surface area (TPSA) is 96.8 Å². The molecule has 1 saturated heterocycles. The lowest BCUT2D eigenvalue weighted by Gasteiger charge is -2.35. The number of hydrogen-bond donors (Lipinski definition) is 1. The summed E-state index contributed by atoms with van der Waals surface area (Å²) in [6, 6.07) is 7.50. The van der Waals surface area contributed by atoms with Crippen molar-refractivity contribution in [2.24, 2.45) is 5.92 Å². The highest BCUT2D eigenvalue weighted by atomic mass is 35.5. The van der Waals surface area contributed by atoms with Crippen LogP contribution >= 0.6 is 11.6 Å². The highest BCUT2D eigenvalue weighted by Gasteiger charge is 2.31. The molecular weight excluding hydrogens is 428 g/mol. The number of carbonyl (C=O) groups excluding carboxylic acids is 1. The van der Waals surface area contributed by atoms with Crippen molar-refractivity contribution < 1.29 is 4.79 Å². The van der Waals surface area contributed by atoms with Crippen LogP contribution in [0.3, 0.4) is 0 Å². The van der Waals surface area contributed by atoms with E-state index in [4.69, 9.17) is 16.6 Å². The number of rotatable bonds is 4. The maximum Gasteiger partial charge on any atom is 0.281 e. The van der Waals surface area contributed by atoms with Crippen LogP contribution < -0.4 is 5.56 Å². The third kappa shape index (κ3) is 4.28. The Morgan fingerprint density at radius 3 is 2.81 bits per heavy atom. The van der Waals surface area contributed by atoms with Crippen LogP contribution in [-0.2, 0) is 11.3 Å². The molecule has 1 N–H and O–H groups in total. The van der Waals surface area contributed by atoms with E-state index in [-0.39, 0.29) is 28.8 Å². The first-order chi connectivity index (χ1) is 15.6. The monoisotopic (exact) mass is 454 g/mol. The van der Waals surface area contributed by atoms with Crippen molar-refractivity contribution in [3.05, 3.63) is 51.0 Å². The Hall–Kier alpha value is -2.74. The molecule has 1 atom stereocenters. The van der Waals surface area contributed by atoms with Crippen LogP contribution in [0, 0.1) is 5.92 Å². The summed E-state index contributed by atoms with van der Waals surface area (Å²) in [5, 5.41) is 8.83. The van der Waals surface area contributed by atoms with Crippen LogP contribution in [0.15, 0.2) is 29.1 Å². The summed E-state index contributed by atoms with van der Waals surface area (Å²) in [7, 11) is 0. The number of aromatic amines is 1. The molecule has 32 heavy (non-hydrogen) atoms. The second-order valence-electron chi connectivity index (χ2n) is 8.96. The molecule has 2 aliphatic rings. The zero-order chi connectivity index (χ0) is 22.1. The molecule has 3 aromatic rings. The van der Waals surface area contributed by atoms with Gasteiger partial charge in [-0.25, -0.2) is 9.67 Å². The summed E-state index contributed by atoms with van der Waals surface area (Å²) in [4.78, 5) is 35.4. The number of H-pyrrole nitrogens is 1. The molecule has 0 bridgehead atoms.